The first kappa shape index (κ1) is 26.7. The number of nitrogens with zero attached hydrogens (tertiary/aromatic N) is 6. The minimum atomic E-state index is -3.71. The van der Waals surface area contributed by atoms with E-state index in [4.69, 9.17) is 4.74 Å². The van der Waals surface area contributed by atoms with E-state index >= 15 is 0 Å². The van der Waals surface area contributed by atoms with Crippen LogP contribution in [0.1, 0.15) is 39.5 Å². The number of aromatic nitrogens is 5. The highest BCUT2D eigenvalue weighted by molar-refractivity contribution is 14.1. The van der Waals surface area contributed by atoms with Crippen molar-refractivity contribution >= 4 is 49.3 Å². The van der Waals surface area contributed by atoms with Gasteiger partial charge in [0.15, 0.2) is 5.65 Å². The van der Waals surface area contributed by atoms with E-state index in [1.165, 1.54) is 10.7 Å². The number of piperazine rings is 1. The molecule has 0 amide bonds. The Bertz CT molecular complexity index is 1710. The van der Waals surface area contributed by atoms with Crippen LogP contribution in [0, 0.1) is 3.57 Å². The molecule has 1 N–H and O–H groups in total. The fourth-order valence-electron chi connectivity index (χ4n) is 5.80. The van der Waals surface area contributed by atoms with E-state index in [-0.39, 0.29) is 16.6 Å². The first-order valence-electron chi connectivity index (χ1n) is 13.5. The summed E-state index contributed by atoms with van der Waals surface area (Å²) in [6, 6.07) is 5.38. The standard InChI is InChI=1S/C26H32IN7O4S/c1-3-9-33-24-21(27)22(29-23(24)25-30-28-16-34(25)26(33)35)19-14-18(7-8-20(19)38-13-4-2)39(36,37)32-12-11-31-10-5-6-17(31)15-32/h7-8,14,16-17,29H,3-6,9-13,15H2,1-2H3/t17-/m0/s1. The van der Waals surface area contributed by atoms with Gasteiger partial charge in [-0.2, -0.15) is 4.31 Å². The molecule has 0 bridgehead atoms. The lowest BCUT2D eigenvalue weighted by molar-refractivity contribution is 0.158. The van der Waals surface area contributed by atoms with Gasteiger partial charge in [-0.25, -0.2) is 17.6 Å². The Morgan fingerprint density at radius 2 is 2.03 bits per heavy atom. The minimum Gasteiger partial charge on any atom is -0.493 e. The fraction of sp³-hybridized carbons (Fsp3) is 0.500. The number of hydrogen-bond donors (Lipinski definition) is 1. The van der Waals surface area contributed by atoms with Crippen LogP contribution in [0.15, 0.2) is 34.2 Å². The van der Waals surface area contributed by atoms with Crippen molar-refractivity contribution in [1.29, 1.82) is 0 Å². The van der Waals surface area contributed by atoms with Gasteiger partial charge in [0.05, 0.1) is 26.3 Å². The average Bonchev–Trinajstić information content (AvgIpc) is 3.68. The third kappa shape index (κ3) is 4.46. The molecule has 0 radical (unpaired) electrons. The summed E-state index contributed by atoms with van der Waals surface area (Å²) in [5.41, 5.74) is 2.95. The van der Waals surface area contributed by atoms with Crippen LogP contribution < -0.4 is 10.4 Å². The predicted molar refractivity (Wildman–Crippen MR) is 157 cm³/mol. The molecule has 6 rings (SSSR count). The van der Waals surface area contributed by atoms with Crippen LogP contribution in [-0.4, -0.2) is 80.6 Å². The quantitative estimate of drug-likeness (QED) is 0.287. The number of ether oxygens (including phenoxy) is 1. The lowest BCUT2D eigenvalue weighted by Crippen LogP contribution is -2.51. The van der Waals surface area contributed by atoms with Crippen LogP contribution >= 0.6 is 22.6 Å². The number of rotatable bonds is 8. The van der Waals surface area contributed by atoms with Gasteiger partial charge >= 0.3 is 5.69 Å². The van der Waals surface area contributed by atoms with Gasteiger partial charge in [0, 0.05) is 37.8 Å². The number of aromatic amines is 1. The second kappa shape index (κ2) is 10.5. The van der Waals surface area contributed by atoms with Crippen LogP contribution in [0.4, 0.5) is 0 Å². The number of H-pyrrole nitrogens is 1. The smallest absolute Gasteiger partial charge is 0.335 e. The minimum absolute atomic E-state index is 0.211. The molecule has 3 aromatic heterocycles. The zero-order valence-corrected chi connectivity index (χ0v) is 25.0. The number of halogens is 1. The van der Waals surface area contributed by atoms with Crippen LogP contribution in [0.2, 0.25) is 0 Å². The number of nitrogens with one attached hydrogen (secondary N) is 1. The van der Waals surface area contributed by atoms with Gasteiger partial charge in [0.25, 0.3) is 0 Å². The van der Waals surface area contributed by atoms with Gasteiger partial charge < -0.3 is 9.72 Å². The summed E-state index contributed by atoms with van der Waals surface area (Å²) in [5, 5.41) is 8.17. The monoisotopic (exact) mass is 665 g/mol. The molecule has 5 heterocycles. The summed E-state index contributed by atoms with van der Waals surface area (Å²) >= 11 is 2.23. The molecule has 2 aliphatic heterocycles. The molecule has 1 atom stereocenters. The number of hydrogen-bond acceptors (Lipinski definition) is 7. The zero-order valence-electron chi connectivity index (χ0n) is 22.1. The Kier molecular flexibility index (Phi) is 7.18. The Balaban J connectivity index is 1.51. The Labute approximate surface area is 240 Å². The van der Waals surface area contributed by atoms with Gasteiger partial charge in [-0.1, -0.05) is 13.8 Å². The second-order valence-electron chi connectivity index (χ2n) is 10.2. The molecule has 0 aliphatic carbocycles. The van der Waals surface area contributed by atoms with E-state index in [0.29, 0.717) is 54.4 Å². The van der Waals surface area contributed by atoms with Crippen molar-refractivity contribution in [2.24, 2.45) is 0 Å². The van der Waals surface area contributed by atoms with Gasteiger partial charge in [-0.05, 0) is 73.0 Å². The van der Waals surface area contributed by atoms with Gasteiger partial charge in [-0.3, -0.25) is 9.47 Å². The highest BCUT2D eigenvalue weighted by Gasteiger charge is 2.36. The van der Waals surface area contributed by atoms with E-state index in [9.17, 15) is 13.2 Å². The molecular formula is C26H32IN7O4S. The van der Waals surface area contributed by atoms with Crippen molar-refractivity contribution in [3.8, 4) is 17.0 Å². The van der Waals surface area contributed by atoms with Gasteiger partial charge in [-0.15, -0.1) is 10.2 Å². The van der Waals surface area contributed by atoms with E-state index in [1.807, 2.05) is 13.8 Å². The maximum absolute atomic E-state index is 13.9. The average molecular weight is 666 g/mol. The molecule has 0 unspecified atom stereocenters. The summed E-state index contributed by atoms with van der Waals surface area (Å²) in [6.45, 7) is 7.88. The molecule has 4 aromatic rings. The molecule has 13 heteroatoms. The summed E-state index contributed by atoms with van der Waals surface area (Å²) in [5.74, 6) is 0.586. The Morgan fingerprint density at radius 1 is 1.18 bits per heavy atom. The summed E-state index contributed by atoms with van der Waals surface area (Å²) in [7, 11) is -3.71. The summed E-state index contributed by atoms with van der Waals surface area (Å²) in [4.78, 5) is 19.3. The van der Waals surface area contributed by atoms with Crippen molar-refractivity contribution in [2.75, 3.05) is 32.8 Å². The predicted octanol–water partition coefficient (Wildman–Crippen LogP) is 3.31. The summed E-state index contributed by atoms with van der Waals surface area (Å²) < 4.78 is 39.4. The molecule has 2 saturated heterocycles. The molecule has 2 aliphatic rings. The van der Waals surface area contributed by atoms with Crippen LogP contribution in [0.3, 0.4) is 0 Å². The van der Waals surface area contributed by atoms with Gasteiger partial charge in [0.1, 0.15) is 17.6 Å². The first-order valence-corrected chi connectivity index (χ1v) is 16.0. The Morgan fingerprint density at radius 3 is 2.82 bits per heavy atom. The highest BCUT2D eigenvalue weighted by atomic mass is 127. The number of sulfonamides is 1. The van der Waals surface area contributed by atoms with E-state index in [1.54, 1.807) is 27.1 Å². The number of fused-ring (bicyclic) bond motifs is 4. The first-order chi connectivity index (χ1) is 18.8. The van der Waals surface area contributed by atoms with Crippen LogP contribution in [0.5, 0.6) is 5.75 Å². The maximum Gasteiger partial charge on any atom is 0.335 e. The molecular weight excluding hydrogens is 633 g/mol. The van der Waals surface area contributed by atoms with Crippen molar-refractivity contribution in [1.82, 2.24) is 33.4 Å². The molecule has 0 saturated carbocycles. The van der Waals surface area contributed by atoms with E-state index in [2.05, 4.69) is 42.7 Å². The lowest BCUT2D eigenvalue weighted by atomic mass is 10.1. The van der Waals surface area contributed by atoms with Crippen LogP contribution in [-0.2, 0) is 16.6 Å². The third-order valence-electron chi connectivity index (χ3n) is 7.71. The van der Waals surface area contributed by atoms with Crippen molar-refractivity contribution in [3.63, 3.8) is 0 Å². The highest BCUT2D eigenvalue weighted by Crippen LogP contribution is 2.39. The zero-order chi connectivity index (χ0) is 27.3. The van der Waals surface area contributed by atoms with Crippen molar-refractivity contribution in [2.45, 2.75) is 57.0 Å². The van der Waals surface area contributed by atoms with Crippen molar-refractivity contribution < 1.29 is 13.2 Å². The Hall–Kier alpha value is -2.49. The number of benzene rings is 1. The SMILES string of the molecule is CCCOc1ccc(S(=O)(=O)N2CCN3CCC[C@H]3C2)cc1-c1[nH]c2c(c1I)n(CCC)c(=O)n1cnnc21. The topological polar surface area (TPSA) is 118 Å². The maximum atomic E-state index is 13.9. The van der Waals surface area contributed by atoms with E-state index in [0.717, 1.165) is 47.9 Å². The molecule has 0 spiro atoms. The van der Waals surface area contributed by atoms with Crippen LogP contribution in [0.25, 0.3) is 27.9 Å². The molecule has 39 heavy (non-hydrogen) atoms. The molecule has 2 fully saturated rings. The van der Waals surface area contributed by atoms with Crippen molar-refractivity contribution in [3.05, 3.63) is 38.6 Å². The second-order valence-corrected chi connectivity index (χ2v) is 13.2. The van der Waals surface area contributed by atoms with Gasteiger partial charge in [0.2, 0.25) is 10.0 Å². The molecule has 11 nitrogen and oxygen atoms in total. The largest absolute Gasteiger partial charge is 0.493 e. The molecule has 1 aromatic carbocycles. The van der Waals surface area contributed by atoms with E-state index < -0.39 is 10.0 Å². The fourth-order valence-corrected chi connectivity index (χ4v) is 8.28. The third-order valence-corrected chi connectivity index (χ3v) is 10.6. The normalized spacial score (nSPS) is 18.8. The summed E-state index contributed by atoms with van der Waals surface area (Å²) in [6.07, 6.45) is 5.15. The molecule has 208 valence electrons. The number of aryl methyl sites for hydroxylation is 1. The lowest BCUT2D eigenvalue weighted by Gasteiger charge is -2.36.